The van der Waals surface area contributed by atoms with Crippen LogP contribution < -0.4 is 0 Å². The third kappa shape index (κ3) is 3.50. The molecule has 2 heterocycles. The maximum Gasteiger partial charge on any atom is 0.147 e. The molecule has 2 aliphatic rings. The second-order valence-electron chi connectivity index (χ2n) is 11.5. The molecule has 0 fully saturated rings. The van der Waals surface area contributed by atoms with Crippen molar-refractivity contribution in [2.75, 3.05) is 0 Å². The Hall–Kier alpha value is -3.92. The summed E-state index contributed by atoms with van der Waals surface area (Å²) >= 11 is 0. The molecule has 5 aromatic rings. The molecule has 7 rings (SSSR count). The molecular weight excluding hydrogens is 466 g/mol. The smallest absolute Gasteiger partial charge is 0.147 e. The molecule has 190 valence electrons. The average Bonchev–Trinajstić information content (AvgIpc) is 3.55. The molecule has 3 aromatic carbocycles. The van der Waals surface area contributed by atoms with Gasteiger partial charge in [0.25, 0.3) is 0 Å². The van der Waals surface area contributed by atoms with Crippen molar-refractivity contribution in [2.45, 2.75) is 49.9 Å². The summed E-state index contributed by atoms with van der Waals surface area (Å²) in [6, 6.07) is 32.6. The van der Waals surface area contributed by atoms with Crippen LogP contribution >= 0.6 is 0 Å². The van der Waals surface area contributed by atoms with Gasteiger partial charge >= 0.3 is 0 Å². The fourth-order valence-corrected chi connectivity index (χ4v) is 7.83. The maximum atomic E-state index is 6.22. The molecule has 0 saturated heterocycles. The van der Waals surface area contributed by atoms with Gasteiger partial charge in [-0.3, -0.25) is 4.68 Å². The van der Waals surface area contributed by atoms with E-state index < -0.39 is 0 Å². The zero-order chi connectivity index (χ0) is 25.7. The highest BCUT2D eigenvalue weighted by Gasteiger charge is 2.59. The van der Waals surface area contributed by atoms with Gasteiger partial charge in [-0.2, -0.15) is 5.10 Å². The largest absolute Gasteiger partial charge is 0.360 e. The minimum Gasteiger partial charge on any atom is -0.360 e. The number of aromatic nitrogens is 3. The number of benzene rings is 3. The monoisotopic (exact) mass is 499 g/mol. The lowest BCUT2D eigenvalue weighted by Gasteiger charge is -2.54. The van der Waals surface area contributed by atoms with Gasteiger partial charge < -0.3 is 4.52 Å². The van der Waals surface area contributed by atoms with E-state index >= 15 is 0 Å². The molecular formula is C34H33N3O. The number of nitrogens with zero attached hydrogens (tertiary/aromatic N) is 3. The molecule has 0 spiro atoms. The second-order valence-corrected chi connectivity index (χ2v) is 11.5. The van der Waals surface area contributed by atoms with Crippen molar-refractivity contribution in [3.8, 4) is 11.3 Å². The van der Waals surface area contributed by atoms with E-state index in [2.05, 4.69) is 115 Å². The van der Waals surface area contributed by atoms with Crippen molar-refractivity contribution in [1.29, 1.82) is 0 Å². The van der Waals surface area contributed by atoms with Crippen LogP contribution in [0.5, 0.6) is 0 Å². The van der Waals surface area contributed by atoms with Gasteiger partial charge in [-0.1, -0.05) is 103 Å². The summed E-state index contributed by atoms with van der Waals surface area (Å²) in [5.41, 5.74) is 8.73. The van der Waals surface area contributed by atoms with E-state index in [0.717, 1.165) is 37.9 Å². The molecule has 2 aliphatic carbocycles. The topological polar surface area (TPSA) is 43.9 Å². The first-order valence-corrected chi connectivity index (χ1v) is 13.7. The number of rotatable bonds is 5. The standard InChI is InChI=1S/C34H33N3O/c1-33-22-27-23-35-38-32(27)34(20-24-12-6-3-7-13-24,21-25-14-8-4-9-15-25)29(33)19-18-28-30(37(2)36-31(28)33)26-16-10-5-11-17-26/h3-17,23,29H,18-22H2,1-2H3/t29-,33+/m1/s1. The first kappa shape index (κ1) is 23.2. The zero-order valence-electron chi connectivity index (χ0n) is 22.1. The van der Waals surface area contributed by atoms with Crippen LogP contribution in [0.3, 0.4) is 0 Å². The minimum atomic E-state index is -0.219. The molecule has 38 heavy (non-hydrogen) atoms. The van der Waals surface area contributed by atoms with Crippen molar-refractivity contribution in [3.05, 3.63) is 131 Å². The van der Waals surface area contributed by atoms with Gasteiger partial charge in [-0.25, -0.2) is 0 Å². The van der Waals surface area contributed by atoms with Crippen LogP contribution in [-0.2, 0) is 43.6 Å². The summed E-state index contributed by atoms with van der Waals surface area (Å²) in [6.45, 7) is 2.46. The van der Waals surface area contributed by atoms with Gasteiger partial charge in [-0.15, -0.1) is 0 Å². The van der Waals surface area contributed by atoms with E-state index in [1.54, 1.807) is 0 Å². The minimum absolute atomic E-state index is 0.125. The zero-order valence-corrected chi connectivity index (χ0v) is 22.1. The third-order valence-corrected chi connectivity index (χ3v) is 9.23. The van der Waals surface area contributed by atoms with Gasteiger partial charge in [0.15, 0.2) is 0 Å². The van der Waals surface area contributed by atoms with Gasteiger partial charge in [-0.05, 0) is 49.1 Å². The Kier molecular flexibility index (Phi) is 5.40. The SMILES string of the molecule is Cn1nc2c(c1-c1ccccc1)CC[C@H]1C(Cc3ccccc3)(Cc3ccccc3)c3oncc3C[C@]21C. The van der Waals surface area contributed by atoms with Crippen LogP contribution in [0.15, 0.2) is 102 Å². The summed E-state index contributed by atoms with van der Waals surface area (Å²) in [5.74, 6) is 1.44. The van der Waals surface area contributed by atoms with Gasteiger partial charge in [0, 0.05) is 34.6 Å². The summed E-state index contributed by atoms with van der Waals surface area (Å²) in [5, 5.41) is 9.68. The van der Waals surface area contributed by atoms with E-state index in [4.69, 9.17) is 9.62 Å². The number of aryl methyl sites for hydroxylation is 1. The first-order valence-electron chi connectivity index (χ1n) is 13.7. The van der Waals surface area contributed by atoms with E-state index in [9.17, 15) is 0 Å². The van der Waals surface area contributed by atoms with E-state index in [-0.39, 0.29) is 10.8 Å². The lowest BCUT2D eigenvalue weighted by atomic mass is 9.48. The van der Waals surface area contributed by atoms with Gasteiger partial charge in [0.05, 0.1) is 17.6 Å². The molecule has 0 N–H and O–H groups in total. The van der Waals surface area contributed by atoms with Crippen LogP contribution in [0.4, 0.5) is 0 Å². The lowest BCUT2D eigenvalue weighted by Crippen LogP contribution is -2.56. The summed E-state index contributed by atoms with van der Waals surface area (Å²) in [6.07, 6.45) is 6.81. The highest BCUT2D eigenvalue weighted by atomic mass is 16.5. The summed E-state index contributed by atoms with van der Waals surface area (Å²) in [7, 11) is 2.11. The van der Waals surface area contributed by atoms with Crippen molar-refractivity contribution in [2.24, 2.45) is 13.0 Å². The highest BCUT2D eigenvalue weighted by molar-refractivity contribution is 5.66. The Bertz CT molecular complexity index is 1530. The molecule has 0 radical (unpaired) electrons. The molecule has 0 unspecified atom stereocenters. The van der Waals surface area contributed by atoms with Crippen LogP contribution in [-0.4, -0.2) is 14.9 Å². The second kappa shape index (κ2) is 8.83. The highest BCUT2D eigenvalue weighted by Crippen LogP contribution is 2.59. The molecule has 0 aliphatic heterocycles. The predicted molar refractivity (Wildman–Crippen MR) is 150 cm³/mol. The lowest BCUT2D eigenvalue weighted by molar-refractivity contribution is 0.0820. The average molecular weight is 500 g/mol. The normalized spacial score (nSPS) is 21.4. The van der Waals surface area contributed by atoms with Crippen LogP contribution in [0.2, 0.25) is 0 Å². The molecule has 2 atom stereocenters. The van der Waals surface area contributed by atoms with Gasteiger partial charge in [0.2, 0.25) is 0 Å². The fourth-order valence-electron chi connectivity index (χ4n) is 7.83. The van der Waals surface area contributed by atoms with E-state index in [1.165, 1.54) is 39.2 Å². The van der Waals surface area contributed by atoms with Crippen LogP contribution in [0.25, 0.3) is 11.3 Å². The Labute approximate surface area is 224 Å². The number of fused-ring (bicyclic) bond motifs is 4. The molecule has 2 aromatic heterocycles. The third-order valence-electron chi connectivity index (χ3n) is 9.23. The predicted octanol–water partition coefficient (Wildman–Crippen LogP) is 6.87. The van der Waals surface area contributed by atoms with Gasteiger partial charge in [0.1, 0.15) is 5.76 Å². The maximum absolute atomic E-state index is 6.22. The molecule has 4 nitrogen and oxygen atoms in total. The Morgan fingerprint density at radius 3 is 2.11 bits per heavy atom. The summed E-state index contributed by atoms with van der Waals surface area (Å²) < 4.78 is 8.34. The molecule has 0 saturated carbocycles. The molecule has 4 heteroatoms. The molecule has 0 bridgehead atoms. The molecule has 0 amide bonds. The Morgan fingerprint density at radius 1 is 0.868 bits per heavy atom. The Balaban J connectivity index is 1.44. The number of hydrogen-bond donors (Lipinski definition) is 0. The van der Waals surface area contributed by atoms with Crippen molar-refractivity contribution < 1.29 is 4.52 Å². The summed E-state index contributed by atoms with van der Waals surface area (Å²) in [4.78, 5) is 0. The van der Waals surface area contributed by atoms with Crippen LogP contribution in [0.1, 0.15) is 47.1 Å². The van der Waals surface area contributed by atoms with E-state index in [0.29, 0.717) is 5.92 Å². The van der Waals surface area contributed by atoms with Crippen molar-refractivity contribution in [1.82, 2.24) is 14.9 Å². The fraction of sp³-hybridized carbons (Fsp3) is 0.294. The van der Waals surface area contributed by atoms with E-state index in [1.807, 2.05) is 6.20 Å². The quantitative estimate of drug-likeness (QED) is 0.265. The van der Waals surface area contributed by atoms with Crippen molar-refractivity contribution >= 4 is 0 Å². The van der Waals surface area contributed by atoms with Crippen LogP contribution in [0, 0.1) is 5.92 Å². The number of hydrogen-bond acceptors (Lipinski definition) is 3. The Morgan fingerprint density at radius 2 is 1.47 bits per heavy atom. The van der Waals surface area contributed by atoms with Crippen molar-refractivity contribution in [3.63, 3.8) is 0 Å². The first-order chi connectivity index (χ1) is 18.6.